The number of hydrogen-bond acceptors (Lipinski definition) is 6. The van der Waals surface area contributed by atoms with Gasteiger partial charge in [-0.25, -0.2) is 13.8 Å². The lowest BCUT2D eigenvalue weighted by Crippen LogP contribution is -2.35. The second kappa shape index (κ2) is 7.26. The summed E-state index contributed by atoms with van der Waals surface area (Å²) in [5, 5.41) is 20.0. The summed E-state index contributed by atoms with van der Waals surface area (Å²) >= 11 is 0. The molecule has 0 saturated carbocycles. The summed E-state index contributed by atoms with van der Waals surface area (Å²) in [6.45, 7) is 0.183. The number of benzene rings is 2. The van der Waals surface area contributed by atoms with Crippen molar-refractivity contribution in [1.29, 1.82) is 0 Å². The van der Waals surface area contributed by atoms with Gasteiger partial charge in [0.15, 0.2) is 0 Å². The largest absolute Gasteiger partial charge is 0.506 e. The molecule has 0 amide bonds. The zero-order chi connectivity index (χ0) is 21.5. The first-order valence-corrected chi connectivity index (χ1v) is 10.5. The monoisotopic (exact) mass is 430 g/mol. The molecule has 0 atom stereocenters. The normalized spacial score (nSPS) is 15.2. The molecule has 30 heavy (non-hydrogen) atoms. The van der Waals surface area contributed by atoms with E-state index in [1.807, 2.05) is 4.72 Å². The molecule has 1 aliphatic rings. The Morgan fingerprint density at radius 3 is 2.50 bits per heavy atom. The van der Waals surface area contributed by atoms with E-state index in [-0.39, 0.29) is 23.5 Å². The Labute approximate surface area is 170 Å². The Balaban J connectivity index is 1.51. The minimum Gasteiger partial charge on any atom is -0.506 e. The van der Waals surface area contributed by atoms with Gasteiger partial charge in [0.05, 0.1) is 17.1 Å². The van der Waals surface area contributed by atoms with E-state index in [9.17, 15) is 28.2 Å². The third-order valence-electron chi connectivity index (χ3n) is 4.75. The highest BCUT2D eigenvalue weighted by atomic mass is 32.2. The fourth-order valence-corrected chi connectivity index (χ4v) is 4.41. The molecule has 156 valence electrons. The van der Waals surface area contributed by atoms with E-state index in [2.05, 4.69) is 4.98 Å². The summed E-state index contributed by atoms with van der Waals surface area (Å²) in [5.74, 6) is -0.839. The van der Waals surface area contributed by atoms with Gasteiger partial charge in [-0.2, -0.15) is 8.42 Å². The van der Waals surface area contributed by atoms with Crippen LogP contribution in [0, 0.1) is 0 Å². The van der Waals surface area contributed by atoms with Crippen LogP contribution >= 0.6 is 0 Å². The van der Waals surface area contributed by atoms with Crippen LogP contribution in [0.5, 0.6) is 5.75 Å². The summed E-state index contributed by atoms with van der Waals surface area (Å²) in [7, 11) is -4.00. The molecule has 1 aliphatic heterocycles. The number of phenols is 1. The average molecular weight is 430 g/mol. The van der Waals surface area contributed by atoms with Crippen LogP contribution in [0.15, 0.2) is 64.1 Å². The maximum Gasteiger partial charge on any atom is 0.330 e. The van der Waals surface area contributed by atoms with Gasteiger partial charge in [0.2, 0.25) is 5.88 Å². The van der Waals surface area contributed by atoms with E-state index in [1.165, 1.54) is 12.1 Å². The van der Waals surface area contributed by atoms with Crippen LogP contribution in [0.3, 0.4) is 0 Å². The summed E-state index contributed by atoms with van der Waals surface area (Å²) in [4.78, 5) is 27.4. The van der Waals surface area contributed by atoms with E-state index in [4.69, 9.17) is 0 Å². The van der Waals surface area contributed by atoms with E-state index in [0.717, 1.165) is 15.1 Å². The van der Waals surface area contributed by atoms with Crippen LogP contribution in [0.2, 0.25) is 0 Å². The minimum atomic E-state index is -4.00. The predicted molar refractivity (Wildman–Crippen MR) is 111 cm³/mol. The molecule has 0 radical (unpaired) electrons. The fraction of sp³-hybridized carbons (Fsp3) is 0.158. The molecule has 2 aromatic carbocycles. The van der Waals surface area contributed by atoms with Crippen molar-refractivity contribution in [3.8, 4) is 5.75 Å². The number of nitrogens with one attached hydrogen (secondary N) is 2. The number of fused-ring (bicyclic) bond motifs is 1. The lowest BCUT2D eigenvalue weighted by atomic mass is 10.1. The van der Waals surface area contributed by atoms with Gasteiger partial charge in [-0.3, -0.25) is 9.36 Å². The molecule has 0 unspecified atom stereocenters. The number of hydrogen-bond donors (Lipinski definition) is 4. The van der Waals surface area contributed by atoms with E-state index >= 15 is 0 Å². The zero-order valence-electron chi connectivity index (χ0n) is 15.6. The number of para-hydroxylation sites is 1. The molecular weight excluding hydrogens is 412 g/mol. The molecule has 2 heterocycles. The summed E-state index contributed by atoms with van der Waals surface area (Å²) < 4.78 is 27.6. The molecule has 11 heteroatoms. The first-order valence-electron chi connectivity index (χ1n) is 9.03. The Bertz CT molecular complexity index is 1390. The van der Waals surface area contributed by atoms with Crippen LogP contribution in [0.25, 0.3) is 10.9 Å². The third-order valence-corrected chi connectivity index (χ3v) is 6.03. The van der Waals surface area contributed by atoms with Gasteiger partial charge in [0, 0.05) is 6.54 Å². The second-order valence-electron chi connectivity index (χ2n) is 6.78. The number of H-pyrrole nitrogens is 1. The highest BCUT2D eigenvalue weighted by molar-refractivity contribution is 7.91. The topological polar surface area (TPSA) is 145 Å². The van der Waals surface area contributed by atoms with Crippen molar-refractivity contribution in [2.24, 2.45) is 0 Å². The van der Waals surface area contributed by atoms with Crippen LogP contribution in [0.4, 0.5) is 5.69 Å². The number of aliphatic hydroxyl groups is 1. The Kier molecular flexibility index (Phi) is 4.74. The molecule has 10 nitrogen and oxygen atoms in total. The van der Waals surface area contributed by atoms with Gasteiger partial charge in [-0.15, -0.1) is 0 Å². The van der Waals surface area contributed by atoms with Crippen molar-refractivity contribution in [2.75, 3.05) is 4.31 Å². The summed E-state index contributed by atoms with van der Waals surface area (Å²) in [6.07, 6.45) is 1.84. The number of aromatic nitrogens is 2. The number of anilines is 1. The van der Waals surface area contributed by atoms with Crippen molar-refractivity contribution in [3.63, 3.8) is 0 Å². The number of aromatic amines is 1. The Morgan fingerprint density at radius 2 is 1.80 bits per heavy atom. The molecule has 4 N–H and O–H groups in total. The van der Waals surface area contributed by atoms with Crippen molar-refractivity contribution in [2.45, 2.75) is 19.4 Å². The van der Waals surface area contributed by atoms with Gasteiger partial charge in [-0.05, 0) is 42.7 Å². The van der Waals surface area contributed by atoms with Gasteiger partial charge < -0.3 is 15.2 Å². The number of phenolic OH excluding ortho intramolecular Hbond substituents is 1. The molecule has 0 fully saturated rings. The Hall–Kier alpha value is -3.73. The molecule has 4 rings (SSSR count). The molecule has 3 aromatic rings. The first-order chi connectivity index (χ1) is 14.3. The maximum atomic E-state index is 12.5. The summed E-state index contributed by atoms with van der Waals surface area (Å²) in [6, 6.07) is 11.2. The van der Waals surface area contributed by atoms with Crippen molar-refractivity contribution in [1.82, 2.24) is 14.3 Å². The number of aryl methyl sites for hydroxylation is 1. The van der Waals surface area contributed by atoms with Crippen molar-refractivity contribution >= 4 is 26.8 Å². The molecule has 0 bridgehead atoms. The predicted octanol–water partition coefficient (Wildman–Crippen LogP) is 1.04. The van der Waals surface area contributed by atoms with Gasteiger partial charge >= 0.3 is 15.9 Å². The minimum absolute atomic E-state index is 0.0162. The highest BCUT2D eigenvalue weighted by Gasteiger charge is 2.30. The molecule has 0 spiro atoms. The summed E-state index contributed by atoms with van der Waals surface area (Å²) in [5.41, 5.74) is 0.300. The molecule has 0 aliphatic carbocycles. The number of aromatic hydroxyl groups is 1. The van der Waals surface area contributed by atoms with Crippen LogP contribution < -0.4 is 20.3 Å². The van der Waals surface area contributed by atoms with Crippen LogP contribution in [-0.2, 0) is 23.2 Å². The maximum absolute atomic E-state index is 12.5. The quantitative estimate of drug-likeness (QED) is 0.476. The van der Waals surface area contributed by atoms with Crippen molar-refractivity contribution < 1.29 is 18.6 Å². The van der Waals surface area contributed by atoms with Crippen LogP contribution in [0.1, 0.15) is 12.0 Å². The van der Waals surface area contributed by atoms with Gasteiger partial charge in [0.1, 0.15) is 11.4 Å². The SMILES string of the molecule is O=c1[nH]c2ccccc2c(=O)n1CCCc1ccc(N2C=C(O)NS2(=O)=O)c(O)c1. The van der Waals surface area contributed by atoms with E-state index in [1.54, 1.807) is 30.3 Å². The smallest absolute Gasteiger partial charge is 0.330 e. The number of aliphatic hydroxyl groups excluding tert-OH is 1. The Morgan fingerprint density at radius 1 is 1.03 bits per heavy atom. The highest BCUT2D eigenvalue weighted by Crippen LogP contribution is 2.32. The van der Waals surface area contributed by atoms with Crippen molar-refractivity contribution in [3.05, 3.63) is 80.9 Å². The zero-order valence-corrected chi connectivity index (χ0v) is 16.4. The van der Waals surface area contributed by atoms with E-state index in [0.29, 0.717) is 29.3 Å². The standard InChI is InChI=1S/C19H18N4O6S/c24-16-10-12(7-8-15(16)23-11-17(25)21-30(23,28)29)4-3-9-22-18(26)13-5-1-2-6-14(13)20-19(22)27/h1-2,5-8,10-11,21,24-25H,3-4,9H2,(H,20,27). The fourth-order valence-electron chi connectivity index (χ4n) is 3.34. The van der Waals surface area contributed by atoms with Gasteiger partial charge in [0.25, 0.3) is 5.56 Å². The second-order valence-corrected chi connectivity index (χ2v) is 8.32. The number of nitrogens with zero attached hydrogens (tertiary/aromatic N) is 2. The first kappa shape index (κ1) is 19.6. The molecule has 1 aromatic heterocycles. The lowest BCUT2D eigenvalue weighted by Gasteiger charge is -2.16. The lowest BCUT2D eigenvalue weighted by molar-refractivity contribution is 0.392. The molecule has 0 saturated heterocycles. The molecular formula is C19H18N4O6S. The van der Waals surface area contributed by atoms with Crippen LogP contribution in [-0.4, -0.2) is 28.2 Å². The average Bonchev–Trinajstić information content (AvgIpc) is 2.96. The van der Waals surface area contributed by atoms with Gasteiger partial charge in [-0.1, -0.05) is 18.2 Å². The third kappa shape index (κ3) is 3.50. The van der Waals surface area contributed by atoms with E-state index < -0.39 is 21.8 Å². The number of rotatable bonds is 5.